The Kier molecular flexibility index (Phi) is 4.58. The van der Waals surface area contributed by atoms with E-state index in [0.717, 1.165) is 19.3 Å². The summed E-state index contributed by atoms with van der Waals surface area (Å²) < 4.78 is 5.29. The molecule has 3 N–H and O–H groups in total. The molecule has 3 atom stereocenters. The van der Waals surface area contributed by atoms with Crippen molar-refractivity contribution in [3.05, 3.63) is 0 Å². The standard InChI is InChI=1S/C11H19NO4/c1-3-5-7(4-2)16-11(15)12-9-6-8(9)10(13)14/h7-9H,3-6H2,1-2H3,(H,12,15)(H,13,14)/p+1/t7?,8-,9-/m0/s1. The van der Waals surface area contributed by atoms with Gasteiger partial charge in [0, 0.05) is 6.42 Å². The van der Waals surface area contributed by atoms with Crippen molar-refractivity contribution in [1.82, 2.24) is 0 Å². The maximum atomic E-state index is 10.6. The van der Waals surface area contributed by atoms with Crippen LogP contribution in [0.3, 0.4) is 0 Å². The molecule has 1 aliphatic rings. The Morgan fingerprint density at radius 3 is 2.62 bits per heavy atom. The van der Waals surface area contributed by atoms with Crippen LogP contribution in [-0.2, 0) is 9.53 Å². The zero-order valence-electron chi connectivity index (χ0n) is 9.77. The van der Waals surface area contributed by atoms with Gasteiger partial charge in [0.2, 0.25) is 0 Å². The molecular formula is C11H20NO4+. The van der Waals surface area contributed by atoms with Crippen LogP contribution in [0.5, 0.6) is 0 Å². The topological polar surface area (TPSA) is 80.7 Å². The lowest BCUT2D eigenvalue weighted by Crippen LogP contribution is -2.76. The SMILES string of the molecule is CCCC(CC)OC(O)=[NH+][C@H]1C[C@@H]1C(=O)O. The zero-order valence-corrected chi connectivity index (χ0v) is 9.77. The number of hydrogen-bond acceptors (Lipinski definition) is 2. The number of carboxylic acid groups (broad SMARTS) is 1. The third-order valence-electron chi connectivity index (χ3n) is 2.76. The minimum absolute atomic E-state index is 0.000437. The first-order valence-corrected chi connectivity index (χ1v) is 5.80. The fourth-order valence-corrected chi connectivity index (χ4v) is 1.65. The molecule has 1 saturated carbocycles. The van der Waals surface area contributed by atoms with Crippen LogP contribution in [0.4, 0.5) is 0 Å². The van der Waals surface area contributed by atoms with Crippen LogP contribution >= 0.6 is 0 Å². The molecule has 0 aromatic carbocycles. The zero-order chi connectivity index (χ0) is 12.1. The maximum Gasteiger partial charge on any atom is 0.545 e. The molecule has 16 heavy (non-hydrogen) atoms. The van der Waals surface area contributed by atoms with Crippen LogP contribution in [0, 0.1) is 5.92 Å². The van der Waals surface area contributed by atoms with Gasteiger partial charge in [-0.1, -0.05) is 20.3 Å². The second kappa shape index (κ2) is 5.72. The van der Waals surface area contributed by atoms with Crippen molar-refractivity contribution in [3.63, 3.8) is 0 Å². The van der Waals surface area contributed by atoms with Crippen molar-refractivity contribution in [1.29, 1.82) is 0 Å². The monoisotopic (exact) mass is 230 g/mol. The van der Waals surface area contributed by atoms with Gasteiger partial charge in [-0.15, -0.1) is 0 Å². The van der Waals surface area contributed by atoms with Crippen molar-refractivity contribution < 1.29 is 24.7 Å². The highest BCUT2D eigenvalue weighted by molar-refractivity contribution is 5.74. The summed E-state index contributed by atoms with van der Waals surface area (Å²) >= 11 is 0. The Balaban J connectivity index is 2.37. The van der Waals surface area contributed by atoms with E-state index >= 15 is 0 Å². The third-order valence-corrected chi connectivity index (χ3v) is 2.76. The molecule has 0 saturated heterocycles. The highest BCUT2D eigenvalue weighted by Crippen LogP contribution is 2.26. The second-order valence-corrected chi connectivity index (χ2v) is 4.17. The van der Waals surface area contributed by atoms with E-state index in [4.69, 9.17) is 9.84 Å². The molecule has 1 fully saturated rings. The summed E-state index contributed by atoms with van der Waals surface area (Å²) in [6.07, 6.45) is 3.01. The lowest BCUT2D eigenvalue weighted by atomic mass is 10.2. The van der Waals surface area contributed by atoms with Gasteiger partial charge in [0.05, 0.1) is 0 Å². The lowest BCUT2D eigenvalue weighted by molar-refractivity contribution is -0.497. The second-order valence-electron chi connectivity index (χ2n) is 4.17. The maximum absolute atomic E-state index is 10.6. The third kappa shape index (κ3) is 3.72. The Morgan fingerprint density at radius 2 is 2.19 bits per heavy atom. The number of ether oxygens (including phenoxy) is 1. The van der Waals surface area contributed by atoms with E-state index in [9.17, 15) is 9.90 Å². The molecule has 5 nitrogen and oxygen atoms in total. The van der Waals surface area contributed by atoms with Crippen LogP contribution in [0.15, 0.2) is 0 Å². The number of hydrogen-bond donors (Lipinski definition) is 3. The number of aliphatic hydroxyl groups is 1. The molecule has 5 heteroatoms. The van der Waals surface area contributed by atoms with Crippen molar-refractivity contribution in [2.24, 2.45) is 5.92 Å². The lowest BCUT2D eigenvalue weighted by Gasteiger charge is -2.11. The predicted molar refractivity (Wildman–Crippen MR) is 58.2 cm³/mol. The molecule has 1 unspecified atom stereocenters. The number of nitrogens with one attached hydrogen (secondary N) is 1. The highest BCUT2D eigenvalue weighted by atomic mass is 16.6. The van der Waals surface area contributed by atoms with E-state index in [0.29, 0.717) is 6.42 Å². The summed E-state index contributed by atoms with van der Waals surface area (Å²) in [7, 11) is 0. The minimum atomic E-state index is -0.828. The van der Waals surface area contributed by atoms with E-state index in [-0.39, 0.29) is 18.2 Å². The van der Waals surface area contributed by atoms with E-state index in [1.807, 2.05) is 6.92 Å². The van der Waals surface area contributed by atoms with Crippen LogP contribution in [0.1, 0.15) is 39.5 Å². The molecule has 1 aliphatic carbocycles. The van der Waals surface area contributed by atoms with E-state index in [1.54, 1.807) is 0 Å². The van der Waals surface area contributed by atoms with Crippen LogP contribution < -0.4 is 4.99 Å². The van der Waals surface area contributed by atoms with Gasteiger partial charge in [0.15, 0.2) is 6.04 Å². The normalized spacial score (nSPS) is 26.2. The van der Waals surface area contributed by atoms with Crippen molar-refractivity contribution in [3.8, 4) is 0 Å². The number of rotatable bonds is 6. The highest BCUT2D eigenvalue weighted by Gasteiger charge is 2.49. The fourth-order valence-electron chi connectivity index (χ4n) is 1.65. The van der Waals surface area contributed by atoms with Gasteiger partial charge in [-0.25, -0.2) is 0 Å². The van der Waals surface area contributed by atoms with Crippen molar-refractivity contribution in [2.75, 3.05) is 0 Å². The predicted octanol–water partition coefficient (Wildman–Crippen LogP) is 0.0494. The molecule has 0 bridgehead atoms. The molecule has 0 aromatic heterocycles. The quantitative estimate of drug-likeness (QED) is 0.445. The number of aliphatic carboxylic acids is 1. The first kappa shape index (κ1) is 12.8. The van der Waals surface area contributed by atoms with Crippen LogP contribution in [-0.4, -0.2) is 34.4 Å². The minimum Gasteiger partial charge on any atom is -0.481 e. The molecule has 0 aliphatic heterocycles. The van der Waals surface area contributed by atoms with E-state index in [2.05, 4.69) is 11.9 Å². The van der Waals surface area contributed by atoms with E-state index < -0.39 is 11.9 Å². The molecule has 92 valence electrons. The van der Waals surface area contributed by atoms with Crippen molar-refractivity contribution >= 4 is 12.1 Å². The number of aliphatic hydroxyl groups excluding tert-OH is 1. The van der Waals surface area contributed by atoms with Gasteiger partial charge in [0.25, 0.3) is 0 Å². The Morgan fingerprint density at radius 1 is 1.50 bits per heavy atom. The Bertz CT molecular complexity index is 277. The Labute approximate surface area is 95.1 Å². The van der Waals surface area contributed by atoms with Gasteiger partial charge in [-0.2, -0.15) is 4.99 Å². The van der Waals surface area contributed by atoms with Gasteiger partial charge in [0.1, 0.15) is 12.0 Å². The molecule has 0 aromatic rings. The average molecular weight is 230 g/mol. The van der Waals surface area contributed by atoms with Gasteiger partial charge in [-0.05, 0) is 12.8 Å². The summed E-state index contributed by atoms with van der Waals surface area (Å²) in [6.45, 7) is 4.04. The Hall–Kier alpha value is -1.26. The van der Waals surface area contributed by atoms with Gasteiger partial charge < -0.3 is 14.9 Å². The molecule has 1 rings (SSSR count). The van der Waals surface area contributed by atoms with Gasteiger partial charge in [-0.3, -0.25) is 4.79 Å². The largest absolute Gasteiger partial charge is 0.545 e. The molecule has 0 heterocycles. The summed E-state index contributed by atoms with van der Waals surface area (Å²) in [6, 6.07) is -0.184. The van der Waals surface area contributed by atoms with Crippen LogP contribution in [0.2, 0.25) is 0 Å². The molecule has 0 spiro atoms. The fraction of sp³-hybridized carbons (Fsp3) is 0.818. The van der Waals surface area contributed by atoms with Crippen LogP contribution in [0.25, 0.3) is 0 Å². The molecular weight excluding hydrogens is 210 g/mol. The summed E-state index contributed by atoms with van der Waals surface area (Å²) in [5.41, 5.74) is 0. The molecule has 0 amide bonds. The smallest absolute Gasteiger partial charge is 0.481 e. The summed E-state index contributed by atoms with van der Waals surface area (Å²) in [5, 5.41) is 18.2. The first-order chi connectivity index (χ1) is 7.58. The molecule has 0 radical (unpaired) electrons. The summed E-state index contributed by atoms with van der Waals surface area (Å²) in [5.74, 6) is -1.22. The summed E-state index contributed by atoms with van der Waals surface area (Å²) in [4.78, 5) is 13.2. The van der Waals surface area contributed by atoms with E-state index in [1.165, 1.54) is 0 Å². The number of carbonyl (C=O) groups is 1. The van der Waals surface area contributed by atoms with Crippen molar-refractivity contribution in [2.45, 2.75) is 51.7 Å². The van der Waals surface area contributed by atoms with Gasteiger partial charge >= 0.3 is 12.1 Å². The first-order valence-electron chi connectivity index (χ1n) is 5.80. The average Bonchev–Trinajstić information content (AvgIpc) is 2.96. The number of carboxylic acids is 1.